The molecule has 2 unspecified atom stereocenters. The van der Waals surface area contributed by atoms with Gasteiger partial charge in [-0.05, 0) is 6.92 Å². The second-order valence-electron chi connectivity index (χ2n) is 3.43. The molecule has 3 nitrogen and oxygen atoms in total. The number of carbonyl (C=O) groups excluding carboxylic acids is 1. The molecule has 70 valence electrons. The van der Waals surface area contributed by atoms with Crippen molar-refractivity contribution in [3.05, 3.63) is 16.1 Å². The molecule has 2 rings (SSSR count). The first-order valence-electron chi connectivity index (χ1n) is 4.38. The summed E-state index contributed by atoms with van der Waals surface area (Å²) < 4.78 is 0. The van der Waals surface area contributed by atoms with Crippen molar-refractivity contribution < 1.29 is 4.79 Å². The lowest BCUT2D eigenvalue weighted by atomic mass is 9.95. The number of hydrogen-bond donors (Lipinski definition) is 1. The van der Waals surface area contributed by atoms with E-state index in [1.54, 1.807) is 11.3 Å². The molecule has 1 saturated heterocycles. The van der Waals surface area contributed by atoms with Crippen LogP contribution >= 0.6 is 11.3 Å². The molecule has 13 heavy (non-hydrogen) atoms. The molecule has 1 amide bonds. The highest BCUT2D eigenvalue weighted by Crippen LogP contribution is 2.28. The Labute approximate surface area is 81.2 Å². The molecular formula is C9H12N2OS. The van der Waals surface area contributed by atoms with E-state index in [2.05, 4.69) is 15.7 Å². The molecule has 0 saturated carbocycles. The summed E-state index contributed by atoms with van der Waals surface area (Å²) in [6, 6.07) is 0. The molecule has 1 aromatic rings. The van der Waals surface area contributed by atoms with Gasteiger partial charge in [-0.2, -0.15) is 0 Å². The van der Waals surface area contributed by atoms with Gasteiger partial charge in [-0.1, -0.05) is 6.92 Å². The summed E-state index contributed by atoms with van der Waals surface area (Å²) in [6.45, 7) is 4.69. The van der Waals surface area contributed by atoms with Crippen molar-refractivity contribution in [1.29, 1.82) is 0 Å². The zero-order chi connectivity index (χ0) is 9.42. The maximum absolute atomic E-state index is 11.2. The number of amides is 1. The molecule has 1 fully saturated rings. The van der Waals surface area contributed by atoms with Gasteiger partial charge in [0.25, 0.3) is 0 Å². The monoisotopic (exact) mass is 196 g/mol. The summed E-state index contributed by atoms with van der Waals surface area (Å²) in [5.74, 6) is 0.495. The summed E-state index contributed by atoms with van der Waals surface area (Å²) >= 11 is 1.64. The summed E-state index contributed by atoms with van der Waals surface area (Å²) in [7, 11) is 0. The van der Waals surface area contributed by atoms with Crippen LogP contribution < -0.4 is 5.32 Å². The van der Waals surface area contributed by atoms with Crippen LogP contribution in [-0.4, -0.2) is 17.4 Å². The van der Waals surface area contributed by atoms with Crippen LogP contribution in [0.4, 0.5) is 0 Å². The molecule has 0 radical (unpaired) electrons. The molecule has 2 heterocycles. The smallest absolute Gasteiger partial charge is 0.223 e. The first-order chi connectivity index (χ1) is 6.18. The lowest BCUT2D eigenvalue weighted by Gasteiger charge is -2.07. The van der Waals surface area contributed by atoms with Gasteiger partial charge in [0.2, 0.25) is 5.91 Å². The van der Waals surface area contributed by atoms with Crippen LogP contribution in [0, 0.1) is 12.8 Å². The molecule has 0 bridgehead atoms. The van der Waals surface area contributed by atoms with Crippen molar-refractivity contribution in [2.75, 3.05) is 6.54 Å². The SMILES string of the molecule is Cc1nc(C2CNC(=O)C2C)cs1. The van der Waals surface area contributed by atoms with Gasteiger partial charge in [0, 0.05) is 23.8 Å². The average molecular weight is 196 g/mol. The van der Waals surface area contributed by atoms with E-state index in [4.69, 9.17) is 0 Å². The molecule has 1 aromatic heterocycles. The van der Waals surface area contributed by atoms with Crippen molar-refractivity contribution in [2.45, 2.75) is 19.8 Å². The lowest BCUT2D eigenvalue weighted by Crippen LogP contribution is -2.16. The minimum atomic E-state index is 0.0708. The fourth-order valence-corrected chi connectivity index (χ4v) is 2.32. The van der Waals surface area contributed by atoms with Gasteiger partial charge >= 0.3 is 0 Å². The summed E-state index contributed by atoms with van der Waals surface area (Å²) in [5.41, 5.74) is 1.06. The van der Waals surface area contributed by atoms with Crippen LogP contribution in [-0.2, 0) is 4.79 Å². The average Bonchev–Trinajstić information content (AvgIpc) is 2.62. The Hall–Kier alpha value is -0.900. The maximum atomic E-state index is 11.2. The number of aromatic nitrogens is 1. The minimum Gasteiger partial charge on any atom is -0.355 e. The largest absolute Gasteiger partial charge is 0.355 e. The number of hydrogen-bond acceptors (Lipinski definition) is 3. The third kappa shape index (κ3) is 1.46. The molecule has 1 N–H and O–H groups in total. The first-order valence-corrected chi connectivity index (χ1v) is 5.26. The van der Waals surface area contributed by atoms with Gasteiger partial charge in [0.1, 0.15) is 0 Å². The van der Waals surface area contributed by atoms with E-state index >= 15 is 0 Å². The highest BCUT2D eigenvalue weighted by atomic mass is 32.1. The van der Waals surface area contributed by atoms with Crippen LogP contribution in [0.3, 0.4) is 0 Å². The van der Waals surface area contributed by atoms with Crippen molar-refractivity contribution in [3.63, 3.8) is 0 Å². The Bertz CT molecular complexity index is 334. The predicted octanol–water partition coefficient (Wildman–Crippen LogP) is 1.30. The fourth-order valence-electron chi connectivity index (χ4n) is 1.64. The van der Waals surface area contributed by atoms with Crippen LogP contribution in [0.2, 0.25) is 0 Å². The predicted molar refractivity (Wildman–Crippen MR) is 51.8 cm³/mol. The highest BCUT2D eigenvalue weighted by Gasteiger charge is 2.33. The molecule has 1 aliphatic rings. The van der Waals surface area contributed by atoms with Gasteiger partial charge in [-0.25, -0.2) is 4.98 Å². The number of thiazole rings is 1. The van der Waals surface area contributed by atoms with Gasteiger partial charge in [0.05, 0.1) is 10.7 Å². The maximum Gasteiger partial charge on any atom is 0.223 e. The van der Waals surface area contributed by atoms with E-state index in [1.165, 1.54) is 0 Å². The molecule has 2 atom stereocenters. The van der Waals surface area contributed by atoms with Gasteiger partial charge in [0.15, 0.2) is 0 Å². The van der Waals surface area contributed by atoms with Gasteiger partial charge in [-0.15, -0.1) is 11.3 Å². The number of rotatable bonds is 1. The third-order valence-corrected chi connectivity index (χ3v) is 3.32. The summed E-state index contributed by atoms with van der Waals surface area (Å²) in [5, 5.41) is 5.98. The Kier molecular flexibility index (Phi) is 2.07. The van der Waals surface area contributed by atoms with Crippen LogP contribution in [0.1, 0.15) is 23.5 Å². The van der Waals surface area contributed by atoms with E-state index in [1.807, 2.05) is 13.8 Å². The zero-order valence-electron chi connectivity index (χ0n) is 7.70. The Balaban J connectivity index is 2.23. The lowest BCUT2D eigenvalue weighted by molar-refractivity contribution is -0.122. The normalized spacial score (nSPS) is 27.7. The molecule has 4 heteroatoms. The first kappa shape index (κ1) is 8.69. The van der Waals surface area contributed by atoms with Crippen LogP contribution in [0.5, 0.6) is 0 Å². The number of nitrogens with zero attached hydrogens (tertiary/aromatic N) is 1. The molecule has 0 aromatic carbocycles. The molecule has 0 spiro atoms. The van der Waals surface area contributed by atoms with Crippen molar-refractivity contribution in [2.24, 2.45) is 5.92 Å². The van der Waals surface area contributed by atoms with E-state index in [0.29, 0.717) is 0 Å². The quantitative estimate of drug-likeness (QED) is 0.735. The summed E-state index contributed by atoms with van der Waals surface area (Å²) in [6.07, 6.45) is 0. The fraction of sp³-hybridized carbons (Fsp3) is 0.556. The van der Waals surface area contributed by atoms with Crippen molar-refractivity contribution >= 4 is 17.2 Å². The molecule has 1 aliphatic heterocycles. The minimum absolute atomic E-state index is 0.0708. The zero-order valence-corrected chi connectivity index (χ0v) is 8.52. The Morgan fingerprint density at radius 3 is 2.92 bits per heavy atom. The van der Waals surface area contributed by atoms with Gasteiger partial charge in [-0.3, -0.25) is 4.79 Å². The number of carbonyl (C=O) groups is 1. The Morgan fingerprint density at radius 2 is 2.46 bits per heavy atom. The Morgan fingerprint density at radius 1 is 1.69 bits per heavy atom. The number of aryl methyl sites for hydroxylation is 1. The third-order valence-electron chi connectivity index (χ3n) is 2.53. The molecule has 0 aliphatic carbocycles. The van der Waals surface area contributed by atoms with E-state index < -0.39 is 0 Å². The molecular weight excluding hydrogens is 184 g/mol. The van der Waals surface area contributed by atoms with Crippen LogP contribution in [0.15, 0.2) is 5.38 Å². The second kappa shape index (κ2) is 3.10. The highest BCUT2D eigenvalue weighted by molar-refractivity contribution is 7.09. The standard InChI is InChI=1S/C9H12N2OS/c1-5-7(3-10-9(5)12)8-4-13-6(2)11-8/h4-5,7H,3H2,1-2H3,(H,10,12). The van der Waals surface area contributed by atoms with E-state index in [0.717, 1.165) is 17.2 Å². The second-order valence-corrected chi connectivity index (χ2v) is 4.49. The topological polar surface area (TPSA) is 42.0 Å². The van der Waals surface area contributed by atoms with Crippen LogP contribution in [0.25, 0.3) is 0 Å². The van der Waals surface area contributed by atoms with E-state index in [-0.39, 0.29) is 17.7 Å². The van der Waals surface area contributed by atoms with Crippen molar-refractivity contribution in [1.82, 2.24) is 10.3 Å². The van der Waals surface area contributed by atoms with Crippen molar-refractivity contribution in [3.8, 4) is 0 Å². The number of nitrogens with one attached hydrogen (secondary N) is 1. The van der Waals surface area contributed by atoms with E-state index in [9.17, 15) is 4.79 Å². The van der Waals surface area contributed by atoms with Gasteiger partial charge < -0.3 is 5.32 Å². The summed E-state index contributed by atoms with van der Waals surface area (Å²) in [4.78, 5) is 15.6.